The van der Waals surface area contributed by atoms with Crippen molar-refractivity contribution >= 4 is 5.97 Å². The van der Waals surface area contributed by atoms with Crippen molar-refractivity contribution in [3.63, 3.8) is 0 Å². The zero-order valence-corrected chi connectivity index (χ0v) is 8.15. The second-order valence-electron chi connectivity index (χ2n) is 3.01. The molecular weight excluding hydrogens is 184 g/mol. The third-order valence-electron chi connectivity index (χ3n) is 1.85. The topological polar surface area (TPSA) is 72.2 Å². The van der Waals surface area contributed by atoms with Crippen LogP contribution in [0, 0.1) is 6.92 Å². The molecule has 0 saturated carbocycles. The van der Waals surface area contributed by atoms with E-state index in [1.165, 1.54) is 4.68 Å². The molecule has 0 unspecified atom stereocenters. The average Bonchev–Trinajstić information content (AvgIpc) is 2.10. The fraction of sp³-hybridized carbons (Fsp3) is 0.444. The summed E-state index contributed by atoms with van der Waals surface area (Å²) >= 11 is 0. The molecule has 0 saturated heterocycles. The summed E-state index contributed by atoms with van der Waals surface area (Å²) in [4.78, 5) is 22.0. The van der Waals surface area contributed by atoms with Gasteiger partial charge in [0.05, 0.1) is 11.3 Å². The highest BCUT2D eigenvalue weighted by Crippen LogP contribution is 2.00. The Hall–Kier alpha value is -1.65. The first-order valence-corrected chi connectivity index (χ1v) is 4.38. The maximum Gasteiger partial charge on any atom is 0.337 e. The zero-order chi connectivity index (χ0) is 10.7. The third kappa shape index (κ3) is 1.99. The molecule has 0 radical (unpaired) electrons. The van der Waals surface area contributed by atoms with Gasteiger partial charge in [0.15, 0.2) is 0 Å². The summed E-state index contributed by atoms with van der Waals surface area (Å²) < 4.78 is 1.28. The first-order valence-electron chi connectivity index (χ1n) is 4.38. The summed E-state index contributed by atoms with van der Waals surface area (Å²) in [6.07, 6.45) is 0.790. The Kier molecular flexibility index (Phi) is 3.01. The summed E-state index contributed by atoms with van der Waals surface area (Å²) in [7, 11) is 0. The minimum absolute atomic E-state index is 0.0256. The van der Waals surface area contributed by atoms with Gasteiger partial charge in [-0.15, -0.1) is 0 Å². The Morgan fingerprint density at radius 2 is 2.29 bits per heavy atom. The van der Waals surface area contributed by atoms with Crippen LogP contribution in [-0.4, -0.2) is 20.9 Å². The Morgan fingerprint density at radius 3 is 2.79 bits per heavy atom. The van der Waals surface area contributed by atoms with E-state index in [-0.39, 0.29) is 11.1 Å². The molecular formula is C9H12N2O3. The summed E-state index contributed by atoms with van der Waals surface area (Å²) in [6.45, 7) is 4.02. The van der Waals surface area contributed by atoms with Crippen LogP contribution in [0.5, 0.6) is 0 Å². The number of aryl methyl sites for hydroxylation is 2. The van der Waals surface area contributed by atoms with Gasteiger partial charge in [-0.1, -0.05) is 6.92 Å². The largest absolute Gasteiger partial charge is 0.478 e. The van der Waals surface area contributed by atoms with E-state index in [0.717, 1.165) is 12.5 Å². The summed E-state index contributed by atoms with van der Waals surface area (Å²) in [5.41, 5.74) is -0.0252. The van der Waals surface area contributed by atoms with Crippen molar-refractivity contribution in [1.82, 2.24) is 9.78 Å². The number of carbonyl (C=O) groups is 1. The molecule has 1 aromatic heterocycles. The number of hydrogen-bond donors (Lipinski definition) is 1. The predicted molar refractivity (Wildman–Crippen MR) is 50.5 cm³/mol. The van der Waals surface area contributed by atoms with E-state index in [2.05, 4.69) is 5.10 Å². The molecule has 0 fully saturated rings. The van der Waals surface area contributed by atoms with Crippen molar-refractivity contribution in [1.29, 1.82) is 0 Å². The molecule has 0 aliphatic carbocycles. The average molecular weight is 196 g/mol. The van der Waals surface area contributed by atoms with Gasteiger partial charge in [-0.05, 0) is 13.3 Å². The normalized spacial score (nSPS) is 10.1. The number of nitrogens with zero attached hydrogens (tertiary/aromatic N) is 2. The SMILES string of the molecule is CCCn1nc(C)c(C(=O)O)cc1=O. The van der Waals surface area contributed by atoms with Crippen molar-refractivity contribution in [3.05, 3.63) is 27.7 Å². The minimum atomic E-state index is -1.12. The second kappa shape index (κ2) is 4.04. The molecule has 1 aromatic rings. The van der Waals surface area contributed by atoms with Crippen LogP contribution in [-0.2, 0) is 6.54 Å². The lowest BCUT2D eigenvalue weighted by molar-refractivity contribution is 0.0695. The van der Waals surface area contributed by atoms with E-state index in [9.17, 15) is 9.59 Å². The lowest BCUT2D eigenvalue weighted by atomic mass is 10.2. The van der Waals surface area contributed by atoms with Crippen LogP contribution in [0.2, 0.25) is 0 Å². The summed E-state index contributed by atoms with van der Waals surface area (Å²) in [5, 5.41) is 12.6. The fourth-order valence-electron chi connectivity index (χ4n) is 1.18. The monoisotopic (exact) mass is 196 g/mol. The Labute approximate surface area is 81.0 Å². The first-order chi connectivity index (χ1) is 6.56. The number of rotatable bonds is 3. The molecule has 0 aromatic carbocycles. The fourth-order valence-corrected chi connectivity index (χ4v) is 1.18. The molecule has 1 rings (SSSR count). The van der Waals surface area contributed by atoms with Crippen LogP contribution in [0.15, 0.2) is 10.9 Å². The van der Waals surface area contributed by atoms with Crippen LogP contribution in [0.25, 0.3) is 0 Å². The Morgan fingerprint density at radius 1 is 1.64 bits per heavy atom. The van der Waals surface area contributed by atoms with Crippen LogP contribution < -0.4 is 5.56 Å². The zero-order valence-electron chi connectivity index (χ0n) is 8.15. The first kappa shape index (κ1) is 10.4. The van der Waals surface area contributed by atoms with Crippen molar-refractivity contribution < 1.29 is 9.90 Å². The van der Waals surface area contributed by atoms with Gasteiger partial charge >= 0.3 is 5.97 Å². The number of aromatic carboxylic acids is 1. The van der Waals surface area contributed by atoms with Gasteiger partial charge in [-0.25, -0.2) is 9.48 Å². The van der Waals surface area contributed by atoms with Crippen molar-refractivity contribution in [3.8, 4) is 0 Å². The summed E-state index contributed by atoms with van der Waals surface area (Å²) in [6, 6.07) is 1.11. The molecule has 1 heterocycles. The van der Waals surface area contributed by atoms with Gasteiger partial charge in [0, 0.05) is 12.6 Å². The van der Waals surface area contributed by atoms with Crippen LogP contribution in [0.1, 0.15) is 29.4 Å². The van der Waals surface area contributed by atoms with Gasteiger partial charge in [-0.2, -0.15) is 5.10 Å². The lowest BCUT2D eigenvalue weighted by Crippen LogP contribution is -2.25. The van der Waals surface area contributed by atoms with Crippen LogP contribution >= 0.6 is 0 Å². The molecule has 76 valence electrons. The molecule has 0 amide bonds. The van der Waals surface area contributed by atoms with E-state index < -0.39 is 5.97 Å². The maximum atomic E-state index is 11.3. The summed E-state index contributed by atoms with van der Waals surface area (Å²) in [5.74, 6) is -1.12. The maximum absolute atomic E-state index is 11.3. The molecule has 0 spiro atoms. The van der Waals surface area contributed by atoms with Crippen molar-refractivity contribution in [2.75, 3.05) is 0 Å². The number of carboxylic acids is 1. The molecule has 5 heteroatoms. The number of carboxylic acid groups (broad SMARTS) is 1. The Bertz CT molecular complexity index is 409. The molecule has 0 bridgehead atoms. The smallest absolute Gasteiger partial charge is 0.337 e. The van der Waals surface area contributed by atoms with Gasteiger partial charge in [-0.3, -0.25) is 4.79 Å². The molecule has 5 nitrogen and oxygen atoms in total. The Balaban J connectivity index is 3.24. The van der Waals surface area contributed by atoms with Gasteiger partial charge in [0.1, 0.15) is 0 Å². The van der Waals surface area contributed by atoms with Crippen LogP contribution in [0.3, 0.4) is 0 Å². The quantitative estimate of drug-likeness (QED) is 0.770. The van der Waals surface area contributed by atoms with E-state index in [0.29, 0.717) is 12.2 Å². The lowest BCUT2D eigenvalue weighted by Gasteiger charge is -2.04. The van der Waals surface area contributed by atoms with E-state index >= 15 is 0 Å². The molecule has 14 heavy (non-hydrogen) atoms. The second-order valence-corrected chi connectivity index (χ2v) is 3.01. The van der Waals surface area contributed by atoms with E-state index in [1.54, 1.807) is 6.92 Å². The third-order valence-corrected chi connectivity index (χ3v) is 1.85. The van der Waals surface area contributed by atoms with Crippen molar-refractivity contribution in [2.45, 2.75) is 26.8 Å². The number of hydrogen-bond acceptors (Lipinski definition) is 3. The standard InChI is InChI=1S/C9H12N2O3/c1-3-4-11-8(12)5-7(9(13)14)6(2)10-11/h5H,3-4H2,1-2H3,(H,13,14). The van der Waals surface area contributed by atoms with Crippen molar-refractivity contribution in [2.24, 2.45) is 0 Å². The highest BCUT2D eigenvalue weighted by atomic mass is 16.4. The number of aromatic nitrogens is 2. The molecule has 0 aliphatic rings. The van der Waals surface area contributed by atoms with E-state index in [4.69, 9.17) is 5.11 Å². The van der Waals surface area contributed by atoms with Gasteiger partial charge < -0.3 is 5.11 Å². The highest BCUT2D eigenvalue weighted by molar-refractivity contribution is 5.88. The minimum Gasteiger partial charge on any atom is -0.478 e. The van der Waals surface area contributed by atoms with E-state index in [1.807, 2.05) is 6.92 Å². The van der Waals surface area contributed by atoms with Crippen LogP contribution in [0.4, 0.5) is 0 Å². The highest BCUT2D eigenvalue weighted by Gasteiger charge is 2.10. The molecule has 0 atom stereocenters. The van der Waals surface area contributed by atoms with Gasteiger partial charge in [0.2, 0.25) is 0 Å². The molecule has 1 N–H and O–H groups in total. The predicted octanol–water partition coefficient (Wildman–Crippen LogP) is 0.660. The van der Waals surface area contributed by atoms with Gasteiger partial charge in [0.25, 0.3) is 5.56 Å². The molecule has 0 aliphatic heterocycles.